The minimum Gasteiger partial charge on any atom is -0.454 e. The number of hydrogen-bond acceptors (Lipinski definition) is 4. The molecule has 2 aromatic rings. The molecule has 0 fully saturated rings. The van der Waals surface area contributed by atoms with Crippen LogP contribution < -0.4 is 4.74 Å². The molecule has 21 heavy (non-hydrogen) atoms. The molecule has 0 heterocycles. The minimum absolute atomic E-state index is 0.119. The van der Waals surface area contributed by atoms with E-state index < -0.39 is 16.8 Å². The average Bonchev–Trinajstić information content (AvgIpc) is 2.42. The van der Waals surface area contributed by atoms with Crippen LogP contribution in [0.4, 0.5) is 10.1 Å². The van der Waals surface area contributed by atoms with Crippen LogP contribution in [0.1, 0.15) is 24.2 Å². The SMILES string of the molecule is Cc1cc(Oc2ccccc2[C@H](C)O)c(F)cc1[N+](=O)[O-]. The van der Waals surface area contributed by atoms with Crippen LogP contribution in [0.3, 0.4) is 0 Å². The van der Waals surface area contributed by atoms with Crippen molar-refractivity contribution in [1.82, 2.24) is 0 Å². The van der Waals surface area contributed by atoms with E-state index in [4.69, 9.17) is 4.74 Å². The van der Waals surface area contributed by atoms with Crippen molar-refractivity contribution >= 4 is 5.69 Å². The lowest BCUT2D eigenvalue weighted by atomic mass is 10.1. The molecule has 1 atom stereocenters. The summed E-state index contributed by atoms with van der Waals surface area (Å²) in [7, 11) is 0. The van der Waals surface area contributed by atoms with Crippen molar-refractivity contribution in [2.24, 2.45) is 0 Å². The van der Waals surface area contributed by atoms with Crippen molar-refractivity contribution in [3.05, 3.63) is 63.5 Å². The largest absolute Gasteiger partial charge is 0.454 e. The second-order valence-electron chi connectivity index (χ2n) is 4.64. The van der Waals surface area contributed by atoms with Crippen LogP contribution in [-0.4, -0.2) is 10.0 Å². The molecule has 0 spiro atoms. The molecule has 0 bridgehead atoms. The Labute approximate surface area is 120 Å². The number of aliphatic hydroxyl groups is 1. The Morgan fingerprint density at radius 1 is 1.29 bits per heavy atom. The number of benzene rings is 2. The van der Waals surface area contributed by atoms with Gasteiger partial charge >= 0.3 is 0 Å². The van der Waals surface area contributed by atoms with Crippen LogP contribution in [0.25, 0.3) is 0 Å². The highest BCUT2D eigenvalue weighted by Gasteiger charge is 2.18. The van der Waals surface area contributed by atoms with Gasteiger partial charge in [0.15, 0.2) is 11.6 Å². The van der Waals surface area contributed by atoms with E-state index in [1.165, 1.54) is 13.0 Å². The summed E-state index contributed by atoms with van der Waals surface area (Å²) in [5.74, 6) is -0.640. The lowest BCUT2D eigenvalue weighted by Crippen LogP contribution is -1.99. The predicted octanol–water partition coefficient (Wildman–Crippen LogP) is 3.89. The molecule has 0 saturated heterocycles. The second-order valence-corrected chi connectivity index (χ2v) is 4.64. The Morgan fingerprint density at radius 2 is 1.95 bits per heavy atom. The number of aliphatic hydroxyl groups excluding tert-OH is 1. The van der Waals surface area contributed by atoms with Gasteiger partial charge in [0.2, 0.25) is 0 Å². The number of aryl methyl sites for hydroxylation is 1. The molecule has 110 valence electrons. The number of para-hydroxylation sites is 1. The highest BCUT2D eigenvalue weighted by molar-refractivity contribution is 5.47. The first-order chi connectivity index (χ1) is 9.90. The smallest absolute Gasteiger partial charge is 0.275 e. The fourth-order valence-electron chi connectivity index (χ4n) is 1.96. The summed E-state index contributed by atoms with van der Waals surface area (Å²) in [6, 6.07) is 8.78. The van der Waals surface area contributed by atoms with Gasteiger partial charge in [-0.2, -0.15) is 0 Å². The van der Waals surface area contributed by atoms with E-state index in [-0.39, 0.29) is 11.4 Å². The van der Waals surface area contributed by atoms with Crippen LogP contribution in [0.2, 0.25) is 0 Å². The van der Waals surface area contributed by atoms with E-state index in [1.54, 1.807) is 31.2 Å². The first-order valence-corrected chi connectivity index (χ1v) is 6.29. The highest BCUT2D eigenvalue weighted by Crippen LogP contribution is 2.33. The van der Waals surface area contributed by atoms with Crippen LogP contribution >= 0.6 is 0 Å². The van der Waals surface area contributed by atoms with E-state index >= 15 is 0 Å². The molecule has 1 N–H and O–H groups in total. The van der Waals surface area contributed by atoms with Gasteiger partial charge in [0.1, 0.15) is 5.75 Å². The number of nitro benzene ring substituents is 1. The van der Waals surface area contributed by atoms with Gasteiger partial charge in [-0.15, -0.1) is 0 Å². The lowest BCUT2D eigenvalue weighted by Gasteiger charge is -2.13. The van der Waals surface area contributed by atoms with E-state index in [9.17, 15) is 19.6 Å². The standard InChI is InChI=1S/C15H14FNO4/c1-9-7-15(12(16)8-13(9)17(19)20)21-14-6-4-3-5-11(14)10(2)18/h3-8,10,18H,1-2H3/t10-/m0/s1. The summed E-state index contributed by atoms with van der Waals surface area (Å²) >= 11 is 0. The van der Waals surface area contributed by atoms with Crippen molar-refractivity contribution < 1.29 is 19.2 Å². The maximum Gasteiger partial charge on any atom is 0.275 e. The zero-order valence-electron chi connectivity index (χ0n) is 11.5. The fraction of sp³-hybridized carbons (Fsp3) is 0.200. The van der Waals surface area contributed by atoms with Gasteiger partial charge in [0.25, 0.3) is 5.69 Å². The maximum absolute atomic E-state index is 13.9. The summed E-state index contributed by atoms with van der Waals surface area (Å²) in [6.07, 6.45) is -0.775. The zero-order chi connectivity index (χ0) is 15.6. The summed E-state index contributed by atoms with van der Waals surface area (Å²) < 4.78 is 19.4. The normalized spacial score (nSPS) is 12.0. The Balaban J connectivity index is 2.41. The fourth-order valence-corrected chi connectivity index (χ4v) is 1.96. The van der Waals surface area contributed by atoms with Crippen molar-refractivity contribution in [1.29, 1.82) is 0 Å². The molecule has 0 amide bonds. The van der Waals surface area contributed by atoms with E-state index in [0.717, 1.165) is 6.07 Å². The summed E-state index contributed by atoms with van der Waals surface area (Å²) in [5, 5.41) is 20.4. The number of nitro groups is 1. The van der Waals surface area contributed by atoms with Crippen LogP contribution in [0.15, 0.2) is 36.4 Å². The van der Waals surface area contributed by atoms with Crippen LogP contribution in [0, 0.1) is 22.9 Å². The monoisotopic (exact) mass is 291 g/mol. The average molecular weight is 291 g/mol. The van der Waals surface area contributed by atoms with Crippen molar-refractivity contribution in [3.63, 3.8) is 0 Å². The third-order valence-corrected chi connectivity index (χ3v) is 3.04. The predicted molar refractivity (Wildman–Crippen MR) is 74.9 cm³/mol. The number of ether oxygens (including phenoxy) is 1. The topological polar surface area (TPSA) is 72.6 Å². The van der Waals surface area contributed by atoms with Crippen LogP contribution in [-0.2, 0) is 0 Å². The summed E-state index contributed by atoms with van der Waals surface area (Å²) in [5.41, 5.74) is 0.502. The zero-order valence-corrected chi connectivity index (χ0v) is 11.5. The Morgan fingerprint density at radius 3 is 2.57 bits per heavy atom. The van der Waals surface area contributed by atoms with Gasteiger partial charge in [0.05, 0.1) is 17.1 Å². The Bertz CT molecular complexity index is 685. The van der Waals surface area contributed by atoms with Gasteiger partial charge in [-0.3, -0.25) is 10.1 Å². The molecule has 2 aromatic carbocycles. The molecule has 5 nitrogen and oxygen atoms in total. The molecule has 0 unspecified atom stereocenters. The van der Waals surface area contributed by atoms with Gasteiger partial charge in [0, 0.05) is 11.1 Å². The molecule has 0 aromatic heterocycles. The number of halogens is 1. The molecule has 0 radical (unpaired) electrons. The number of nitrogens with zero attached hydrogens (tertiary/aromatic N) is 1. The molecular formula is C15H14FNO4. The quantitative estimate of drug-likeness (QED) is 0.685. The van der Waals surface area contributed by atoms with Gasteiger partial charge in [-0.1, -0.05) is 18.2 Å². The first kappa shape index (κ1) is 14.9. The van der Waals surface area contributed by atoms with E-state index in [1.807, 2.05) is 0 Å². The number of hydrogen-bond donors (Lipinski definition) is 1. The summed E-state index contributed by atoms with van der Waals surface area (Å²) in [6.45, 7) is 3.07. The van der Waals surface area contributed by atoms with Crippen molar-refractivity contribution in [2.75, 3.05) is 0 Å². The van der Waals surface area contributed by atoms with E-state index in [0.29, 0.717) is 16.9 Å². The van der Waals surface area contributed by atoms with Crippen LogP contribution in [0.5, 0.6) is 11.5 Å². The van der Waals surface area contributed by atoms with Crippen molar-refractivity contribution in [3.8, 4) is 11.5 Å². The third kappa shape index (κ3) is 3.17. The minimum atomic E-state index is -0.826. The lowest BCUT2D eigenvalue weighted by molar-refractivity contribution is -0.385. The van der Waals surface area contributed by atoms with Crippen molar-refractivity contribution in [2.45, 2.75) is 20.0 Å². The molecule has 0 aliphatic rings. The van der Waals surface area contributed by atoms with E-state index in [2.05, 4.69) is 0 Å². The third-order valence-electron chi connectivity index (χ3n) is 3.04. The van der Waals surface area contributed by atoms with Gasteiger partial charge < -0.3 is 9.84 Å². The second kappa shape index (κ2) is 5.88. The summed E-state index contributed by atoms with van der Waals surface area (Å²) in [4.78, 5) is 10.1. The number of rotatable bonds is 4. The Kier molecular flexibility index (Phi) is 4.18. The highest BCUT2D eigenvalue weighted by atomic mass is 19.1. The molecule has 6 heteroatoms. The van der Waals surface area contributed by atoms with Gasteiger partial charge in [-0.25, -0.2) is 4.39 Å². The molecule has 0 aliphatic heterocycles. The maximum atomic E-state index is 13.9. The van der Waals surface area contributed by atoms with Gasteiger partial charge in [-0.05, 0) is 26.0 Å². The molecule has 0 aliphatic carbocycles. The molecule has 2 rings (SSSR count). The first-order valence-electron chi connectivity index (χ1n) is 6.29. The Hall–Kier alpha value is -2.47. The molecular weight excluding hydrogens is 277 g/mol. The molecule has 0 saturated carbocycles.